The van der Waals surface area contributed by atoms with E-state index in [0.717, 1.165) is 60.1 Å². The van der Waals surface area contributed by atoms with Gasteiger partial charge in [-0.3, -0.25) is 14.1 Å². The van der Waals surface area contributed by atoms with Crippen molar-refractivity contribution >= 4 is 0 Å². The number of nitrogens with zero attached hydrogens (tertiary/aromatic N) is 6. The number of imidazole rings is 1. The fourth-order valence-corrected chi connectivity index (χ4v) is 5.71. The quantitative estimate of drug-likeness (QED) is 0.330. The molecule has 8 nitrogen and oxygen atoms in total. The van der Waals surface area contributed by atoms with E-state index in [-0.39, 0.29) is 5.69 Å². The average molecular weight is 486 g/mol. The van der Waals surface area contributed by atoms with E-state index < -0.39 is 0 Å². The minimum atomic E-state index is 0.116. The van der Waals surface area contributed by atoms with Crippen LogP contribution in [0.1, 0.15) is 70.2 Å². The molecule has 1 N–H and O–H groups in total. The van der Waals surface area contributed by atoms with E-state index in [1.807, 2.05) is 35.2 Å². The molecule has 1 aliphatic carbocycles. The normalized spacial score (nSPS) is 19.4. The zero-order chi connectivity index (χ0) is 25.1. The SMILES string of the molecule is CCCCc1cn(C2C(CC)CC2CC)c(=O)n1Cc1cnccc1-c1ccc(-c2nnn[nH]2)cc1. The molecule has 3 heterocycles. The van der Waals surface area contributed by atoms with E-state index >= 15 is 0 Å². The van der Waals surface area contributed by atoms with E-state index in [1.165, 1.54) is 6.42 Å². The second-order valence-corrected chi connectivity index (χ2v) is 9.92. The van der Waals surface area contributed by atoms with Crippen LogP contribution in [0.15, 0.2) is 53.7 Å². The predicted molar refractivity (Wildman–Crippen MR) is 140 cm³/mol. The van der Waals surface area contributed by atoms with Crippen LogP contribution in [-0.4, -0.2) is 34.7 Å². The molecule has 3 aromatic heterocycles. The summed E-state index contributed by atoms with van der Waals surface area (Å²) in [5, 5.41) is 14.1. The van der Waals surface area contributed by atoms with Gasteiger partial charge in [-0.05, 0) is 64.3 Å². The summed E-state index contributed by atoms with van der Waals surface area (Å²) in [6, 6.07) is 10.5. The van der Waals surface area contributed by atoms with Gasteiger partial charge in [0.1, 0.15) is 0 Å². The highest BCUT2D eigenvalue weighted by Crippen LogP contribution is 2.47. The molecular formula is C28H35N7O. The number of hydrogen-bond donors (Lipinski definition) is 1. The Kier molecular flexibility index (Phi) is 7.11. The van der Waals surface area contributed by atoms with Gasteiger partial charge < -0.3 is 0 Å². The first-order valence-corrected chi connectivity index (χ1v) is 13.2. The van der Waals surface area contributed by atoms with E-state index in [0.29, 0.717) is 30.2 Å². The highest BCUT2D eigenvalue weighted by atomic mass is 16.1. The summed E-state index contributed by atoms with van der Waals surface area (Å²) in [6.45, 7) is 7.21. The highest BCUT2D eigenvalue weighted by Gasteiger charge is 2.41. The predicted octanol–water partition coefficient (Wildman–Crippen LogP) is 5.28. The van der Waals surface area contributed by atoms with Crippen molar-refractivity contribution in [1.82, 2.24) is 34.7 Å². The molecule has 0 spiro atoms. The van der Waals surface area contributed by atoms with Gasteiger partial charge in [0.2, 0.25) is 0 Å². The molecule has 1 saturated carbocycles. The summed E-state index contributed by atoms with van der Waals surface area (Å²) in [5.41, 5.74) is 5.35. The van der Waals surface area contributed by atoms with E-state index in [9.17, 15) is 4.79 Å². The van der Waals surface area contributed by atoms with Crippen LogP contribution in [0.3, 0.4) is 0 Å². The van der Waals surface area contributed by atoms with Crippen LogP contribution in [0.2, 0.25) is 0 Å². The number of benzene rings is 1. The number of aromatic nitrogens is 7. The van der Waals surface area contributed by atoms with Gasteiger partial charge in [-0.15, -0.1) is 5.10 Å². The van der Waals surface area contributed by atoms with Crippen molar-refractivity contribution in [3.05, 3.63) is 70.7 Å². The Morgan fingerprint density at radius 1 is 1.03 bits per heavy atom. The lowest BCUT2D eigenvalue weighted by molar-refractivity contribution is 0.0710. The number of unbranched alkanes of at least 4 members (excludes halogenated alkanes) is 1. The molecule has 8 heteroatoms. The highest BCUT2D eigenvalue weighted by molar-refractivity contribution is 5.69. The minimum absolute atomic E-state index is 0.116. The summed E-state index contributed by atoms with van der Waals surface area (Å²) in [6.07, 6.45) is 12.4. The maximum Gasteiger partial charge on any atom is 0.328 e. The van der Waals surface area contributed by atoms with Crippen molar-refractivity contribution in [1.29, 1.82) is 0 Å². The van der Waals surface area contributed by atoms with Crippen molar-refractivity contribution in [2.24, 2.45) is 11.8 Å². The van der Waals surface area contributed by atoms with Crippen LogP contribution in [-0.2, 0) is 13.0 Å². The first-order valence-electron chi connectivity index (χ1n) is 13.2. The van der Waals surface area contributed by atoms with Crippen LogP contribution in [0.25, 0.3) is 22.5 Å². The standard InChI is InChI=1S/C28H35N7O/c1-4-7-8-24-18-35(26-19(5-2)15-20(26)6-3)28(36)34(24)17-23-16-29-14-13-25(23)21-9-11-22(12-10-21)27-30-32-33-31-27/h9-14,16,18-20,26H,4-8,15,17H2,1-3H3,(H,30,31,32,33). The Balaban J connectivity index is 1.49. The van der Waals surface area contributed by atoms with Gasteiger partial charge in [0, 0.05) is 35.9 Å². The molecule has 0 bridgehead atoms. The van der Waals surface area contributed by atoms with Crippen molar-refractivity contribution < 1.29 is 0 Å². The molecule has 4 aromatic rings. The van der Waals surface area contributed by atoms with Gasteiger partial charge in [0.05, 0.1) is 6.54 Å². The van der Waals surface area contributed by atoms with Gasteiger partial charge in [-0.25, -0.2) is 9.89 Å². The van der Waals surface area contributed by atoms with Crippen molar-refractivity contribution in [3.63, 3.8) is 0 Å². The molecule has 188 valence electrons. The van der Waals surface area contributed by atoms with Crippen molar-refractivity contribution in [2.75, 3.05) is 0 Å². The van der Waals surface area contributed by atoms with Crippen LogP contribution in [0.5, 0.6) is 0 Å². The third-order valence-corrected chi connectivity index (χ3v) is 7.86. The first-order chi connectivity index (χ1) is 17.6. The van der Waals surface area contributed by atoms with Gasteiger partial charge >= 0.3 is 5.69 Å². The number of H-pyrrole nitrogens is 1. The molecule has 0 aliphatic heterocycles. The lowest BCUT2D eigenvalue weighted by Crippen LogP contribution is -2.42. The van der Waals surface area contributed by atoms with Gasteiger partial charge in [-0.2, -0.15) is 0 Å². The van der Waals surface area contributed by atoms with Gasteiger partial charge in [0.25, 0.3) is 0 Å². The van der Waals surface area contributed by atoms with E-state index in [1.54, 1.807) is 0 Å². The van der Waals surface area contributed by atoms with Crippen molar-refractivity contribution in [3.8, 4) is 22.5 Å². The maximum absolute atomic E-state index is 13.8. The molecule has 0 saturated heterocycles. The molecule has 0 amide bonds. The Bertz CT molecular complexity index is 1330. The van der Waals surface area contributed by atoms with Gasteiger partial charge in [-0.1, -0.05) is 64.3 Å². The fourth-order valence-electron chi connectivity index (χ4n) is 5.71. The lowest BCUT2D eigenvalue weighted by Gasteiger charge is -2.44. The minimum Gasteiger partial charge on any atom is -0.295 e. The van der Waals surface area contributed by atoms with Crippen LogP contribution in [0, 0.1) is 11.8 Å². The Morgan fingerprint density at radius 3 is 2.44 bits per heavy atom. The number of tetrazole rings is 1. The zero-order valence-corrected chi connectivity index (χ0v) is 21.4. The number of pyridine rings is 1. The Labute approximate surface area is 211 Å². The Morgan fingerprint density at radius 2 is 1.78 bits per heavy atom. The summed E-state index contributed by atoms with van der Waals surface area (Å²) >= 11 is 0. The fraction of sp³-hybridized carbons (Fsp3) is 0.464. The second kappa shape index (κ2) is 10.6. The summed E-state index contributed by atoms with van der Waals surface area (Å²) < 4.78 is 4.05. The summed E-state index contributed by atoms with van der Waals surface area (Å²) in [4.78, 5) is 18.2. The summed E-state index contributed by atoms with van der Waals surface area (Å²) in [5.74, 6) is 1.82. The molecule has 5 rings (SSSR count). The first kappa shape index (κ1) is 24.2. The smallest absolute Gasteiger partial charge is 0.295 e. The van der Waals surface area contributed by atoms with E-state index in [2.05, 4.69) is 69.3 Å². The molecular weight excluding hydrogens is 450 g/mol. The Hall–Kier alpha value is -3.55. The molecule has 1 aromatic carbocycles. The van der Waals surface area contributed by atoms with Crippen LogP contribution < -0.4 is 5.69 Å². The number of rotatable bonds is 10. The molecule has 0 radical (unpaired) electrons. The van der Waals surface area contributed by atoms with Crippen molar-refractivity contribution in [2.45, 2.75) is 71.9 Å². The molecule has 1 fully saturated rings. The van der Waals surface area contributed by atoms with Crippen LogP contribution >= 0.6 is 0 Å². The summed E-state index contributed by atoms with van der Waals surface area (Å²) in [7, 11) is 0. The van der Waals surface area contributed by atoms with Gasteiger partial charge in [0.15, 0.2) is 5.82 Å². The third-order valence-electron chi connectivity index (χ3n) is 7.86. The zero-order valence-electron chi connectivity index (χ0n) is 21.4. The molecule has 2 atom stereocenters. The number of hydrogen-bond acceptors (Lipinski definition) is 5. The monoisotopic (exact) mass is 485 g/mol. The molecule has 1 aliphatic rings. The largest absolute Gasteiger partial charge is 0.328 e. The topological polar surface area (TPSA) is 94.3 Å². The third kappa shape index (κ3) is 4.52. The number of aromatic amines is 1. The maximum atomic E-state index is 13.8. The molecule has 2 unspecified atom stereocenters. The number of nitrogens with one attached hydrogen (secondary N) is 1. The van der Waals surface area contributed by atoms with E-state index in [4.69, 9.17) is 0 Å². The lowest BCUT2D eigenvalue weighted by atomic mass is 9.67. The number of aryl methyl sites for hydroxylation is 1. The second-order valence-electron chi connectivity index (χ2n) is 9.92. The average Bonchev–Trinajstić information content (AvgIpc) is 3.53. The molecule has 36 heavy (non-hydrogen) atoms. The van der Waals surface area contributed by atoms with Crippen LogP contribution in [0.4, 0.5) is 0 Å².